The summed E-state index contributed by atoms with van der Waals surface area (Å²) in [6.45, 7) is 3.43. The summed E-state index contributed by atoms with van der Waals surface area (Å²) in [5.41, 5.74) is 0.464. The van der Waals surface area contributed by atoms with Gasteiger partial charge in [0.1, 0.15) is 17.1 Å². The highest BCUT2D eigenvalue weighted by atomic mass is 19.1. The van der Waals surface area contributed by atoms with Crippen LogP contribution in [0.3, 0.4) is 0 Å². The lowest BCUT2D eigenvalue weighted by Gasteiger charge is -2.18. The maximum absolute atomic E-state index is 13.2. The molecule has 1 aromatic heterocycles. The standard InChI is InChI=1S/C14H15FN2O2/c1-14(2,13(18)19-3)12-16-8-11(17-12)9-5-4-6-10(15)7-9/h4-8H,1-3H3,(H,16,17). The van der Waals surface area contributed by atoms with Crippen molar-refractivity contribution in [3.8, 4) is 11.3 Å². The first-order chi connectivity index (χ1) is 8.95. The fraction of sp³-hybridized carbons (Fsp3) is 0.286. The van der Waals surface area contributed by atoms with Crippen LogP contribution in [0.2, 0.25) is 0 Å². The molecule has 1 heterocycles. The van der Waals surface area contributed by atoms with E-state index >= 15 is 0 Å². The van der Waals surface area contributed by atoms with Crippen LogP contribution in [-0.2, 0) is 14.9 Å². The monoisotopic (exact) mass is 262 g/mol. The van der Waals surface area contributed by atoms with Crippen molar-refractivity contribution in [2.45, 2.75) is 19.3 Å². The minimum absolute atomic E-state index is 0.319. The van der Waals surface area contributed by atoms with Crippen LogP contribution in [0.25, 0.3) is 11.3 Å². The number of carbonyl (C=O) groups is 1. The first kappa shape index (κ1) is 13.3. The fourth-order valence-corrected chi connectivity index (χ4v) is 1.79. The molecule has 0 unspecified atom stereocenters. The van der Waals surface area contributed by atoms with Gasteiger partial charge in [0.25, 0.3) is 0 Å². The Bertz CT molecular complexity index is 605. The van der Waals surface area contributed by atoms with Crippen LogP contribution in [0.15, 0.2) is 30.5 Å². The molecule has 4 nitrogen and oxygen atoms in total. The molecule has 0 saturated heterocycles. The third-order valence-corrected chi connectivity index (χ3v) is 3.00. The van der Waals surface area contributed by atoms with Crippen LogP contribution in [0.4, 0.5) is 4.39 Å². The topological polar surface area (TPSA) is 55.0 Å². The highest BCUT2D eigenvalue weighted by Crippen LogP contribution is 2.25. The maximum atomic E-state index is 13.2. The number of halogens is 1. The average Bonchev–Trinajstić information content (AvgIpc) is 2.88. The number of aromatic nitrogens is 2. The van der Waals surface area contributed by atoms with Crippen LogP contribution in [0.1, 0.15) is 19.7 Å². The average molecular weight is 262 g/mol. The zero-order chi connectivity index (χ0) is 14.0. The molecule has 0 spiro atoms. The van der Waals surface area contributed by atoms with Gasteiger partial charge in [0.05, 0.1) is 19.0 Å². The van der Waals surface area contributed by atoms with Crippen molar-refractivity contribution in [2.75, 3.05) is 7.11 Å². The van der Waals surface area contributed by atoms with Crippen LogP contribution < -0.4 is 0 Å². The summed E-state index contributed by atoms with van der Waals surface area (Å²) < 4.78 is 17.9. The molecule has 2 rings (SSSR count). The number of methoxy groups -OCH3 is 1. The third kappa shape index (κ3) is 2.50. The number of ether oxygens (including phenoxy) is 1. The predicted molar refractivity (Wildman–Crippen MR) is 69.0 cm³/mol. The summed E-state index contributed by atoms with van der Waals surface area (Å²) in [5, 5.41) is 0. The van der Waals surface area contributed by atoms with Crippen molar-refractivity contribution < 1.29 is 13.9 Å². The lowest BCUT2D eigenvalue weighted by Crippen LogP contribution is -2.31. The van der Waals surface area contributed by atoms with Crippen molar-refractivity contribution in [3.05, 3.63) is 42.1 Å². The number of carbonyl (C=O) groups excluding carboxylic acids is 1. The Morgan fingerprint density at radius 1 is 1.42 bits per heavy atom. The number of imidazole rings is 1. The minimum atomic E-state index is -0.875. The predicted octanol–water partition coefficient (Wildman–Crippen LogP) is 2.67. The second kappa shape index (κ2) is 4.84. The van der Waals surface area contributed by atoms with Gasteiger partial charge in [-0.15, -0.1) is 0 Å². The van der Waals surface area contributed by atoms with E-state index in [4.69, 9.17) is 4.74 Å². The normalized spacial score (nSPS) is 11.4. The van der Waals surface area contributed by atoms with Gasteiger partial charge in [-0.1, -0.05) is 12.1 Å². The molecule has 100 valence electrons. The van der Waals surface area contributed by atoms with E-state index in [9.17, 15) is 9.18 Å². The fourth-order valence-electron chi connectivity index (χ4n) is 1.79. The molecule has 0 aliphatic rings. The van der Waals surface area contributed by atoms with Gasteiger partial charge in [0, 0.05) is 5.56 Å². The second-order valence-electron chi connectivity index (χ2n) is 4.77. The Morgan fingerprint density at radius 3 is 2.79 bits per heavy atom. The van der Waals surface area contributed by atoms with Gasteiger partial charge in [0.15, 0.2) is 0 Å². The van der Waals surface area contributed by atoms with E-state index in [1.54, 1.807) is 32.2 Å². The summed E-state index contributed by atoms with van der Waals surface area (Å²) in [4.78, 5) is 18.9. The van der Waals surface area contributed by atoms with Gasteiger partial charge in [0.2, 0.25) is 0 Å². The summed E-state index contributed by atoms with van der Waals surface area (Å²) in [6.07, 6.45) is 1.58. The van der Waals surface area contributed by atoms with Crippen molar-refractivity contribution in [3.63, 3.8) is 0 Å². The van der Waals surface area contributed by atoms with Crippen molar-refractivity contribution in [2.24, 2.45) is 0 Å². The number of esters is 1. The molecule has 2 aromatic rings. The SMILES string of the molecule is COC(=O)C(C)(C)c1ncc(-c2cccc(F)c2)[nH]1. The molecule has 0 amide bonds. The van der Waals surface area contributed by atoms with Gasteiger partial charge in [-0.3, -0.25) is 4.79 Å². The number of nitrogens with one attached hydrogen (secondary N) is 1. The Hall–Kier alpha value is -2.17. The Kier molecular flexibility index (Phi) is 3.38. The quantitative estimate of drug-likeness (QED) is 0.865. The van der Waals surface area contributed by atoms with Crippen molar-refractivity contribution in [1.82, 2.24) is 9.97 Å². The van der Waals surface area contributed by atoms with E-state index in [1.165, 1.54) is 19.2 Å². The zero-order valence-corrected chi connectivity index (χ0v) is 11.0. The molecule has 1 N–H and O–H groups in total. The molecule has 0 saturated carbocycles. The molecular weight excluding hydrogens is 247 g/mol. The largest absolute Gasteiger partial charge is 0.468 e. The number of hydrogen-bond acceptors (Lipinski definition) is 3. The highest BCUT2D eigenvalue weighted by molar-refractivity contribution is 5.81. The smallest absolute Gasteiger partial charge is 0.318 e. The van der Waals surface area contributed by atoms with Crippen molar-refractivity contribution in [1.29, 1.82) is 0 Å². The molecular formula is C14H15FN2O2. The van der Waals surface area contributed by atoms with E-state index in [2.05, 4.69) is 9.97 Å². The van der Waals surface area contributed by atoms with Crippen molar-refractivity contribution >= 4 is 5.97 Å². The van der Waals surface area contributed by atoms with Crippen LogP contribution in [-0.4, -0.2) is 23.0 Å². The molecule has 0 fully saturated rings. The van der Waals surface area contributed by atoms with Gasteiger partial charge in [-0.05, 0) is 26.0 Å². The van der Waals surface area contributed by atoms with Crippen LogP contribution in [0, 0.1) is 5.82 Å². The zero-order valence-electron chi connectivity index (χ0n) is 11.0. The summed E-state index contributed by atoms with van der Waals surface area (Å²) >= 11 is 0. The lowest BCUT2D eigenvalue weighted by atomic mass is 9.93. The second-order valence-corrected chi connectivity index (χ2v) is 4.77. The molecule has 19 heavy (non-hydrogen) atoms. The van der Waals surface area contributed by atoms with E-state index in [-0.39, 0.29) is 11.8 Å². The lowest BCUT2D eigenvalue weighted by molar-refractivity contribution is -0.146. The summed E-state index contributed by atoms with van der Waals surface area (Å²) in [5.74, 6) is -0.216. The molecule has 0 aliphatic heterocycles. The summed E-state index contributed by atoms with van der Waals surface area (Å²) in [6, 6.07) is 6.17. The van der Waals surface area contributed by atoms with E-state index in [0.717, 1.165) is 0 Å². The molecule has 5 heteroatoms. The Morgan fingerprint density at radius 2 is 2.16 bits per heavy atom. The van der Waals surface area contributed by atoms with E-state index in [1.807, 2.05) is 0 Å². The van der Waals surface area contributed by atoms with Crippen LogP contribution >= 0.6 is 0 Å². The maximum Gasteiger partial charge on any atom is 0.318 e. The number of benzene rings is 1. The van der Waals surface area contributed by atoms with E-state index < -0.39 is 5.41 Å². The molecule has 0 bridgehead atoms. The molecule has 0 radical (unpaired) electrons. The third-order valence-electron chi connectivity index (χ3n) is 3.00. The molecule has 0 aliphatic carbocycles. The number of H-pyrrole nitrogens is 1. The minimum Gasteiger partial charge on any atom is -0.468 e. The Labute approximate surface area is 110 Å². The highest BCUT2D eigenvalue weighted by Gasteiger charge is 2.34. The number of nitrogens with zero attached hydrogens (tertiary/aromatic N) is 1. The van der Waals surface area contributed by atoms with Crippen LogP contribution in [0.5, 0.6) is 0 Å². The van der Waals surface area contributed by atoms with Gasteiger partial charge in [-0.25, -0.2) is 9.37 Å². The van der Waals surface area contributed by atoms with Gasteiger partial charge < -0.3 is 9.72 Å². The first-order valence-electron chi connectivity index (χ1n) is 5.85. The first-order valence-corrected chi connectivity index (χ1v) is 5.85. The molecule has 0 atom stereocenters. The Balaban J connectivity index is 2.37. The number of aromatic amines is 1. The number of rotatable bonds is 3. The summed E-state index contributed by atoms with van der Waals surface area (Å²) in [7, 11) is 1.33. The molecule has 1 aromatic carbocycles. The van der Waals surface area contributed by atoms with Gasteiger partial charge >= 0.3 is 5.97 Å². The van der Waals surface area contributed by atoms with Gasteiger partial charge in [-0.2, -0.15) is 0 Å². The van der Waals surface area contributed by atoms with E-state index in [0.29, 0.717) is 17.1 Å². The number of hydrogen-bond donors (Lipinski definition) is 1.